The average molecular weight is 484 g/mol. The van der Waals surface area contributed by atoms with E-state index < -0.39 is 65.2 Å². The molecule has 1 saturated heterocycles. The van der Waals surface area contributed by atoms with E-state index in [4.69, 9.17) is 14.2 Å². The van der Waals surface area contributed by atoms with Gasteiger partial charge in [0.05, 0.1) is 6.61 Å². The molecule has 1 fully saturated rings. The number of alkyl halides is 1. The van der Waals surface area contributed by atoms with Crippen molar-refractivity contribution in [3.05, 3.63) is 33.1 Å². The third-order valence-corrected chi connectivity index (χ3v) is 7.93. The van der Waals surface area contributed by atoms with Crippen LogP contribution >= 0.6 is 23.2 Å². The number of H-pyrrole nitrogens is 1. The van der Waals surface area contributed by atoms with Crippen LogP contribution in [-0.4, -0.2) is 48.9 Å². The van der Waals surface area contributed by atoms with Crippen molar-refractivity contribution in [1.29, 1.82) is 0 Å². The second-order valence-corrected chi connectivity index (χ2v) is 10.8. The summed E-state index contributed by atoms with van der Waals surface area (Å²) in [6.07, 6.45) is -3.98. The third-order valence-electron chi connectivity index (χ3n) is 3.58. The van der Waals surface area contributed by atoms with Crippen molar-refractivity contribution < 1.29 is 46.3 Å². The number of rotatable bonds is 8. The molecule has 160 valence electrons. The van der Waals surface area contributed by atoms with Gasteiger partial charge in [-0.2, -0.15) is 0 Å². The Kier molecular flexibility index (Phi) is 7.68. The van der Waals surface area contributed by atoms with Gasteiger partial charge < -0.3 is 24.2 Å². The molecule has 28 heavy (non-hydrogen) atoms. The Morgan fingerprint density at radius 1 is 1.50 bits per heavy atom. The summed E-state index contributed by atoms with van der Waals surface area (Å²) in [5.74, 6) is 0. The van der Waals surface area contributed by atoms with Gasteiger partial charge in [0.15, 0.2) is 11.9 Å². The molecule has 0 amide bonds. The second kappa shape index (κ2) is 9.07. The van der Waals surface area contributed by atoms with Gasteiger partial charge in [0.2, 0.25) is 0 Å². The van der Waals surface area contributed by atoms with Crippen molar-refractivity contribution in [1.82, 2.24) is 9.55 Å². The molecule has 3 unspecified atom stereocenters. The molecule has 2 rings (SSSR count). The highest BCUT2D eigenvalue weighted by Gasteiger charge is 2.55. The Morgan fingerprint density at radius 2 is 2.14 bits per heavy atom. The number of aliphatic hydroxyl groups excluding tert-OH is 1. The lowest BCUT2D eigenvalue weighted by atomic mass is 9.98. The van der Waals surface area contributed by atoms with Crippen molar-refractivity contribution in [2.75, 3.05) is 6.61 Å². The standard InChI is InChI=1S/C10H16FN2O11P3S/c1-10(11)7(15)5(4-21-27(20,28)24-26(19)23-25(17)18)22-8(10)13-3-2-6(14)12-9(13)16/h2-3,5,7-8,15,25-26H,4H2,1H3,(H,17,18)(H,20,28)(H,12,14,16)/t5-,7-,8-,10-,27?/m1/s1. The van der Waals surface area contributed by atoms with Crippen LogP contribution in [0.2, 0.25) is 0 Å². The number of nitrogens with one attached hydrogen (secondary N) is 1. The maximum absolute atomic E-state index is 14.9. The van der Waals surface area contributed by atoms with Crippen LogP contribution in [0.25, 0.3) is 0 Å². The lowest BCUT2D eigenvalue weighted by Crippen LogP contribution is -2.43. The van der Waals surface area contributed by atoms with Crippen LogP contribution in [0.4, 0.5) is 4.39 Å². The molecular formula is C10H16FN2O11P3S. The molecule has 1 aliphatic rings. The van der Waals surface area contributed by atoms with Gasteiger partial charge in [-0.15, -0.1) is 0 Å². The van der Waals surface area contributed by atoms with Gasteiger partial charge in [0.25, 0.3) is 5.56 Å². The summed E-state index contributed by atoms with van der Waals surface area (Å²) in [5.41, 5.74) is -4.22. The quantitative estimate of drug-likeness (QED) is 0.349. The minimum Gasteiger partial charge on any atom is -0.387 e. The normalized spacial score (nSPS) is 32.0. The van der Waals surface area contributed by atoms with Crippen LogP contribution in [0, 0.1) is 0 Å². The number of nitrogens with zero attached hydrogens (tertiary/aromatic N) is 1. The fourth-order valence-corrected chi connectivity index (χ4v) is 5.43. The highest BCUT2D eigenvalue weighted by atomic mass is 32.5. The van der Waals surface area contributed by atoms with Crippen LogP contribution in [0.3, 0.4) is 0 Å². The zero-order valence-electron chi connectivity index (χ0n) is 13.9. The number of halogens is 1. The zero-order chi connectivity index (χ0) is 21.3. The number of ether oxygens (including phenoxy) is 1. The van der Waals surface area contributed by atoms with Gasteiger partial charge in [-0.1, -0.05) is 0 Å². The summed E-state index contributed by atoms with van der Waals surface area (Å²) in [7, 11) is -7.26. The zero-order valence-corrected chi connectivity index (χ0v) is 17.6. The van der Waals surface area contributed by atoms with Gasteiger partial charge in [0, 0.05) is 12.3 Å². The molecule has 1 aromatic heterocycles. The van der Waals surface area contributed by atoms with Crippen LogP contribution in [0.15, 0.2) is 21.9 Å². The number of aliphatic hydroxyl groups is 1. The van der Waals surface area contributed by atoms with Crippen LogP contribution in [-0.2, 0) is 38.8 Å². The van der Waals surface area contributed by atoms with E-state index in [9.17, 15) is 33.1 Å². The molecule has 7 atom stereocenters. The molecule has 0 radical (unpaired) electrons. The van der Waals surface area contributed by atoms with Crippen molar-refractivity contribution in [2.24, 2.45) is 0 Å². The first-order valence-corrected chi connectivity index (χ1v) is 12.4. The summed E-state index contributed by atoms with van der Waals surface area (Å²) in [6, 6.07) is 0.947. The van der Waals surface area contributed by atoms with Gasteiger partial charge in [-0.05, 0) is 18.7 Å². The molecule has 13 nitrogen and oxygen atoms in total. The molecule has 0 bridgehead atoms. The van der Waals surface area contributed by atoms with E-state index in [1.165, 1.54) is 0 Å². The van der Waals surface area contributed by atoms with Crippen molar-refractivity contribution in [3.63, 3.8) is 0 Å². The van der Waals surface area contributed by atoms with Gasteiger partial charge in [0.1, 0.15) is 12.2 Å². The second-order valence-electron chi connectivity index (χ2n) is 5.61. The van der Waals surface area contributed by atoms with Crippen molar-refractivity contribution in [2.45, 2.75) is 31.0 Å². The number of aromatic nitrogens is 2. The van der Waals surface area contributed by atoms with Gasteiger partial charge >= 0.3 is 28.9 Å². The van der Waals surface area contributed by atoms with Crippen LogP contribution in [0.1, 0.15) is 13.2 Å². The first kappa shape index (κ1) is 23.7. The average Bonchev–Trinajstić information content (AvgIpc) is 2.75. The van der Waals surface area contributed by atoms with E-state index in [0.717, 1.165) is 19.2 Å². The largest absolute Gasteiger partial charge is 0.387 e. The lowest BCUT2D eigenvalue weighted by Gasteiger charge is -2.24. The minimum absolute atomic E-state index is 0.710. The smallest absolute Gasteiger partial charge is 0.333 e. The Labute approximate surface area is 162 Å². The van der Waals surface area contributed by atoms with Crippen LogP contribution < -0.4 is 11.2 Å². The van der Waals surface area contributed by atoms with E-state index in [0.29, 0.717) is 4.57 Å². The predicted octanol–water partition coefficient (Wildman–Crippen LogP) is -0.439. The number of aromatic amines is 1. The third kappa shape index (κ3) is 5.74. The molecule has 2 heterocycles. The van der Waals surface area contributed by atoms with E-state index in [-0.39, 0.29) is 0 Å². The molecule has 0 spiro atoms. The summed E-state index contributed by atoms with van der Waals surface area (Å²) in [4.78, 5) is 43.1. The maximum atomic E-state index is 14.9. The van der Waals surface area contributed by atoms with Crippen molar-refractivity contribution in [3.8, 4) is 0 Å². The Bertz CT molecular complexity index is 936. The molecule has 1 aromatic rings. The lowest BCUT2D eigenvalue weighted by molar-refractivity contribution is -0.0592. The Balaban J connectivity index is 2.10. The van der Waals surface area contributed by atoms with Crippen LogP contribution in [0.5, 0.6) is 0 Å². The van der Waals surface area contributed by atoms with E-state index in [2.05, 4.69) is 20.4 Å². The van der Waals surface area contributed by atoms with Gasteiger partial charge in [-0.25, -0.2) is 17.8 Å². The molecule has 18 heteroatoms. The molecular weight excluding hydrogens is 468 g/mol. The molecule has 1 aliphatic heterocycles. The first-order valence-electron chi connectivity index (χ1n) is 7.29. The Hall–Kier alpha value is -0.560. The SMILES string of the molecule is C[C@@]1(F)[C@H](O)[C@@H](COP(O)(=S)O[PH](=O)O[PH](=O)O)O[C@H]1n1ccc(=O)[nH]c1=O. The summed E-state index contributed by atoms with van der Waals surface area (Å²) in [6.45, 7) is -4.06. The number of hydrogen-bond donors (Lipinski definition) is 4. The number of hydrogen-bond acceptors (Lipinski definition) is 10. The summed E-state index contributed by atoms with van der Waals surface area (Å²) >= 11 is 4.53. The highest BCUT2D eigenvalue weighted by Crippen LogP contribution is 2.55. The van der Waals surface area contributed by atoms with Gasteiger partial charge in [-0.3, -0.25) is 23.5 Å². The monoisotopic (exact) mass is 484 g/mol. The van der Waals surface area contributed by atoms with E-state index >= 15 is 0 Å². The molecule has 4 N–H and O–H groups in total. The van der Waals surface area contributed by atoms with E-state index in [1.807, 2.05) is 4.98 Å². The predicted molar refractivity (Wildman–Crippen MR) is 95.6 cm³/mol. The summed E-state index contributed by atoms with van der Waals surface area (Å²) < 4.78 is 55.7. The van der Waals surface area contributed by atoms with E-state index in [1.54, 1.807) is 0 Å². The Morgan fingerprint density at radius 3 is 2.71 bits per heavy atom. The summed E-state index contributed by atoms with van der Waals surface area (Å²) in [5, 5.41) is 10.1. The van der Waals surface area contributed by atoms with Crippen molar-refractivity contribution >= 4 is 35.0 Å². The molecule has 0 aliphatic carbocycles. The fraction of sp³-hybridized carbons (Fsp3) is 0.600. The molecule has 0 saturated carbocycles. The minimum atomic E-state index is -4.26. The maximum Gasteiger partial charge on any atom is 0.333 e. The molecule has 0 aromatic carbocycles. The highest BCUT2D eigenvalue weighted by molar-refractivity contribution is 8.08. The topological polar surface area (TPSA) is 187 Å². The first-order chi connectivity index (χ1) is 12.8. The fourth-order valence-electron chi connectivity index (χ4n) is 2.34.